The van der Waals surface area contributed by atoms with E-state index in [0.29, 0.717) is 0 Å². The summed E-state index contributed by atoms with van der Waals surface area (Å²) >= 11 is 0. The first-order valence-corrected chi connectivity index (χ1v) is 5.77. The second kappa shape index (κ2) is 4.64. The van der Waals surface area contributed by atoms with Crippen molar-refractivity contribution in [1.29, 1.82) is 0 Å². The van der Waals surface area contributed by atoms with E-state index in [1.165, 1.54) is 0 Å². The zero-order valence-corrected chi connectivity index (χ0v) is 11.1. The Kier molecular flexibility index (Phi) is 3.18. The van der Waals surface area contributed by atoms with Crippen molar-refractivity contribution in [3.8, 4) is 0 Å². The molecule has 0 unspecified atom stereocenters. The first kappa shape index (κ1) is 12.3. The standard InChI is InChI=1S/C12H17N5O/c1-8-5-6-13-17(8)7-11(18)14-12-9(2)15-16(4)10(12)3/h5-6H,7H2,1-4H3,(H,14,18). The third-order valence-corrected chi connectivity index (χ3v) is 3.00. The highest BCUT2D eigenvalue weighted by atomic mass is 16.2. The molecule has 2 rings (SSSR count). The molecule has 2 aromatic rings. The molecule has 0 bridgehead atoms. The number of amides is 1. The zero-order chi connectivity index (χ0) is 13.3. The van der Waals surface area contributed by atoms with Crippen LogP contribution in [0.5, 0.6) is 0 Å². The van der Waals surface area contributed by atoms with Crippen molar-refractivity contribution in [3.05, 3.63) is 29.3 Å². The molecule has 1 N–H and O–H groups in total. The lowest BCUT2D eigenvalue weighted by Crippen LogP contribution is -2.20. The summed E-state index contributed by atoms with van der Waals surface area (Å²) in [5.41, 5.74) is 3.51. The second-order valence-corrected chi connectivity index (χ2v) is 4.35. The fourth-order valence-electron chi connectivity index (χ4n) is 1.83. The number of nitrogens with zero attached hydrogens (tertiary/aromatic N) is 4. The van der Waals surface area contributed by atoms with Crippen LogP contribution in [0.2, 0.25) is 0 Å². The number of anilines is 1. The molecule has 0 aliphatic heterocycles. The van der Waals surface area contributed by atoms with Gasteiger partial charge in [0.15, 0.2) is 0 Å². The van der Waals surface area contributed by atoms with E-state index in [9.17, 15) is 4.79 Å². The number of carbonyl (C=O) groups excluding carboxylic acids is 1. The molecule has 6 nitrogen and oxygen atoms in total. The minimum absolute atomic E-state index is 0.0963. The van der Waals surface area contributed by atoms with Gasteiger partial charge in [-0.15, -0.1) is 0 Å². The maximum Gasteiger partial charge on any atom is 0.246 e. The van der Waals surface area contributed by atoms with Crippen LogP contribution >= 0.6 is 0 Å². The van der Waals surface area contributed by atoms with Crippen molar-refractivity contribution in [1.82, 2.24) is 19.6 Å². The molecule has 0 atom stereocenters. The average Bonchev–Trinajstić information content (AvgIpc) is 2.79. The van der Waals surface area contributed by atoms with E-state index >= 15 is 0 Å². The predicted octanol–water partition coefficient (Wildman–Crippen LogP) is 1.18. The fraction of sp³-hybridized carbons (Fsp3) is 0.417. The molecule has 1 amide bonds. The molecule has 96 valence electrons. The average molecular weight is 247 g/mol. The Bertz CT molecular complexity index is 581. The Balaban J connectivity index is 2.10. The number of rotatable bonds is 3. The number of aromatic nitrogens is 4. The van der Waals surface area contributed by atoms with E-state index in [4.69, 9.17) is 0 Å². The molecule has 2 heterocycles. The van der Waals surface area contributed by atoms with E-state index in [0.717, 1.165) is 22.8 Å². The highest BCUT2D eigenvalue weighted by molar-refractivity contribution is 5.91. The number of aryl methyl sites for hydroxylation is 3. The SMILES string of the molecule is Cc1nn(C)c(C)c1NC(=O)Cn1nccc1C. The largest absolute Gasteiger partial charge is 0.321 e. The lowest BCUT2D eigenvalue weighted by atomic mass is 10.3. The van der Waals surface area contributed by atoms with Crippen molar-refractivity contribution >= 4 is 11.6 Å². The topological polar surface area (TPSA) is 64.7 Å². The Hall–Kier alpha value is -2.11. The second-order valence-electron chi connectivity index (χ2n) is 4.35. The van der Waals surface area contributed by atoms with Crippen LogP contribution in [0.4, 0.5) is 5.69 Å². The van der Waals surface area contributed by atoms with Crippen molar-refractivity contribution < 1.29 is 4.79 Å². The van der Waals surface area contributed by atoms with Crippen molar-refractivity contribution in [2.75, 3.05) is 5.32 Å². The van der Waals surface area contributed by atoms with E-state index < -0.39 is 0 Å². The van der Waals surface area contributed by atoms with Gasteiger partial charge >= 0.3 is 0 Å². The smallest absolute Gasteiger partial charge is 0.246 e. The van der Waals surface area contributed by atoms with Crippen LogP contribution in [0.1, 0.15) is 17.1 Å². The van der Waals surface area contributed by atoms with Gasteiger partial charge in [0.2, 0.25) is 5.91 Å². The minimum atomic E-state index is -0.0963. The summed E-state index contributed by atoms with van der Waals surface area (Å²) in [7, 11) is 1.86. The lowest BCUT2D eigenvalue weighted by Gasteiger charge is -2.07. The Labute approximate surface area is 106 Å². The van der Waals surface area contributed by atoms with Crippen LogP contribution in [0.25, 0.3) is 0 Å². The van der Waals surface area contributed by atoms with Crippen molar-refractivity contribution in [2.45, 2.75) is 27.3 Å². The summed E-state index contributed by atoms with van der Waals surface area (Å²) in [6.45, 7) is 5.93. The Morgan fingerprint density at radius 1 is 1.39 bits per heavy atom. The maximum atomic E-state index is 11.9. The summed E-state index contributed by atoms with van der Waals surface area (Å²) in [6, 6.07) is 1.87. The third kappa shape index (κ3) is 2.27. The highest BCUT2D eigenvalue weighted by Gasteiger charge is 2.13. The van der Waals surface area contributed by atoms with Gasteiger partial charge in [-0.05, 0) is 26.8 Å². The summed E-state index contributed by atoms with van der Waals surface area (Å²) in [6.07, 6.45) is 1.68. The summed E-state index contributed by atoms with van der Waals surface area (Å²) in [4.78, 5) is 11.9. The van der Waals surface area contributed by atoms with Gasteiger partial charge in [-0.1, -0.05) is 0 Å². The molecule has 0 aliphatic carbocycles. The lowest BCUT2D eigenvalue weighted by molar-refractivity contribution is -0.116. The molecule has 0 saturated carbocycles. The van der Waals surface area contributed by atoms with Crippen LogP contribution in [-0.2, 0) is 18.4 Å². The van der Waals surface area contributed by atoms with E-state index in [2.05, 4.69) is 15.5 Å². The first-order chi connectivity index (χ1) is 8.49. The zero-order valence-electron chi connectivity index (χ0n) is 11.1. The molecular weight excluding hydrogens is 230 g/mol. The summed E-state index contributed by atoms with van der Waals surface area (Å²) in [5.74, 6) is -0.0963. The quantitative estimate of drug-likeness (QED) is 0.885. The molecule has 6 heteroatoms. The third-order valence-electron chi connectivity index (χ3n) is 3.00. The number of carbonyl (C=O) groups is 1. The van der Waals surface area contributed by atoms with Crippen molar-refractivity contribution in [3.63, 3.8) is 0 Å². The summed E-state index contributed by atoms with van der Waals surface area (Å²) < 4.78 is 3.42. The number of hydrogen-bond acceptors (Lipinski definition) is 3. The van der Waals surface area contributed by atoms with Gasteiger partial charge in [0, 0.05) is 18.9 Å². The highest BCUT2D eigenvalue weighted by Crippen LogP contribution is 2.18. The van der Waals surface area contributed by atoms with Gasteiger partial charge in [-0.2, -0.15) is 10.2 Å². The normalized spacial score (nSPS) is 10.7. The van der Waals surface area contributed by atoms with Crippen LogP contribution in [0.15, 0.2) is 12.3 Å². The van der Waals surface area contributed by atoms with E-state index in [1.54, 1.807) is 15.6 Å². The Morgan fingerprint density at radius 2 is 2.11 bits per heavy atom. The minimum Gasteiger partial charge on any atom is -0.321 e. The Morgan fingerprint density at radius 3 is 2.61 bits per heavy atom. The van der Waals surface area contributed by atoms with Gasteiger partial charge in [0.1, 0.15) is 6.54 Å². The van der Waals surface area contributed by atoms with E-state index in [1.807, 2.05) is 33.9 Å². The monoisotopic (exact) mass is 247 g/mol. The maximum absolute atomic E-state index is 11.9. The molecule has 0 saturated heterocycles. The van der Waals surface area contributed by atoms with Crippen LogP contribution in [0.3, 0.4) is 0 Å². The van der Waals surface area contributed by atoms with Crippen LogP contribution in [-0.4, -0.2) is 25.5 Å². The predicted molar refractivity (Wildman–Crippen MR) is 68.3 cm³/mol. The molecule has 0 radical (unpaired) electrons. The van der Waals surface area contributed by atoms with Crippen LogP contribution in [0, 0.1) is 20.8 Å². The van der Waals surface area contributed by atoms with Gasteiger partial charge in [0.05, 0.1) is 17.1 Å². The van der Waals surface area contributed by atoms with Crippen LogP contribution < -0.4 is 5.32 Å². The van der Waals surface area contributed by atoms with Gasteiger partial charge in [-0.3, -0.25) is 14.2 Å². The molecule has 18 heavy (non-hydrogen) atoms. The molecule has 0 fully saturated rings. The summed E-state index contributed by atoms with van der Waals surface area (Å²) in [5, 5.41) is 11.2. The van der Waals surface area contributed by atoms with E-state index in [-0.39, 0.29) is 12.5 Å². The van der Waals surface area contributed by atoms with Gasteiger partial charge < -0.3 is 5.32 Å². The number of nitrogens with one attached hydrogen (secondary N) is 1. The first-order valence-electron chi connectivity index (χ1n) is 5.77. The number of hydrogen-bond donors (Lipinski definition) is 1. The fourth-order valence-corrected chi connectivity index (χ4v) is 1.83. The van der Waals surface area contributed by atoms with Crippen molar-refractivity contribution in [2.24, 2.45) is 7.05 Å². The van der Waals surface area contributed by atoms with Gasteiger partial charge in [0.25, 0.3) is 0 Å². The molecule has 0 aliphatic rings. The molecular formula is C12H17N5O. The molecule has 2 aromatic heterocycles. The van der Waals surface area contributed by atoms with Gasteiger partial charge in [-0.25, -0.2) is 0 Å². The molecule has 0 aromatic carbocycles. The molecule has 0 spiro atoms.